The van der Waals surface area contributed by atoms with E-state index in [0.29, 0.717) is 23.7 Å². The van der Waals surface area contributed by atoms with E-state index >= 15 is 0 Å². The molecule has 2 aliphatic heterocycles. The first-order chi connectivity index (χ1) is 7.66. The van der Waals surface area contributed by atoms with E-state index in [-0.39, 0.29) is 11.9 Å². The Balaban J connectivity index is 2.02. The summed E-state index contributed by atoms with van der Waals surface area (Å²) in [6, 6.07) is 0.191. The van der Waals surface area contributed by atoms with Gasteiger partial charge in [-0.1, -0.05) is 11.6 Å². The van der Waals surface area contributed by atoms with Crippen molar-refractivity contribution in [2.75, 3.05) is 0 Å². The van der Waals surface area contributed by atoms with Gasteiger partial charge in [0.2, 0.25) is 5.91 Å². The quantitative estimate of drug-likeness (QED) is 0.775. The molecule has 3 heterocycles. The average Bonchev–Trinajstić information content (AvgIpc) is 2.72. The van der Waals surface area contributed by atoms with Crippen molar-refractivity contribution in [3.8, 4) is 0 Å². The second kappa shape index (κ2) is 3.72. The highest BCUT2D eigenvalue weighted by molar-refractivity contribution is 7.14. The van der Waals surface area contributed by atoms with Gasteiger partial charge in [0.15, 0.2) is 0 Å². The van der Waals surface area contributed by atoms with E-state index in [1.807, 2.05) is 10.3 Å². The average molecular weight is 258 g/mol. The van der Waals surface area contributed by atoms with Gasteiger partial charge in [-0.05, 0) is 23.8 Å². The molecule has 5 heteroatoms. The summed E-state index contributed by atoms with van der Waals surface area (Å²) in [5, 5.41) is 12.0. The van der Waals surface area contributed by atoms with Crippen LogP contribution in [0.1, 0.15) is 36.5 Å². The number of carbonyl (C=O) groups excluding carboxylic acids is 1. The molecule has 1 amide bonds. The van der Waals surface area contributed by atoms with Gasteiger partial charge in [0, 0.05) is 24.6 Å². The minimum absolute atomic E-state index is 0.187. The standard InChI is InChI=1S/C11H12ClNO2S/c12-11-7-4-13-6(1-2-10(13)15)3-9(14)8(7)5-16-11/h5-6,9,14H,1-4H2. The van der Waals surface area contributed by atoms with Gasteiger partial charge in [-0.15, -0.1) is 11.3 Å². The highest BCUT2D eigenvalue weighted by Gasteiger charge is 2.37. The van der Waals surface area contributed by atoms with Crippen LogP contribution in [0.4, 0.5) is 0 Å². The molecule has 2 unspecified atom stereocenters. The first-order valence-corrected chi connectivity index (χ1v) is 6.66. The maximum absolute atomic E-state index is 11.7. The lowest BCUT2D eigenvalue weighted by Crippen LogP contribution is -2.31. The zero-order valence-corrected chi connectivity index (χ0v) is 10.2. The zero-order chi connectivity index (χ0) is 11.3. The second-order valence-electron chi connectivity index (χ2n) is 4.41. The van der Waals surface area contributed by atoms with Gasteiger partial charge in [-0.2, -0.15) is 0 Å². The number of fused-ring (bicyclic) bond motifs is 2. The first-order valence-electron chi connectivity index (χ1n) is 5.40. The molecule has 1 fully saturated rings. The molecule has 0 aliphatic carbocycles. The van der Waals surface area contributed by atoms with Crippen molar-refractivity contribution in [2.45, 2.75) is 38.0 Å². The number of rotatable bonds is 0. The third kappa shape index (κ3) is 1.48. The third-order valence-electron chi connectivity index (χ3n) is 3.51. The maximum Gasteiger partial charge on any atom is 0.223 e. The predicted molar refractivity (Wildman–Crippen MR) is 62.5 cm³/mol. The van der Waals surface area contributed by atoms with E-state index < -0.39 is 6.10 Å². The molecule has 16 heavy (non-hydrogen) atoms. The number of hydrogen-bond donors (Lipinski definition) is 1. The number of carbonyl (C=O) groups is 1. The fourth-order valence-electron chi connectivity index (χ4n) is 2.61. The van der Waals surface area contributed by atoms with E-state index in [9.17, 15) is 9.90 Å². The molecule has 0 radical (unpaired) electrons. The normalized spacial score (nSPS) is 28.9. The second-order valence-corrected chi connectivity index (χ2v) is 5.89. The van der Waals surface area contributed by atoms with Crippen LogP contribution in [0.25, 0.3) is 0 Å². The lowest BCUT2D eigenvalue weighted by atomic mass is 10.0. The fraction of sp³-hybridized carbons (Fsp3) is 0.545. The minimum atomic E-state index is -0.473. The van der Waals surface area contributed by atoms with Crippen molar-refractivity contribution < 1.29 is 9.90 Å². The highest BCUT2D eigenvalue weighted by atomic mass is 35.5. The molecule has 1 saturated heterocycles. The number of hydrogen-bond acceptors (Lipinski definition) is 3. The van der Waals surface area contributed by atoms with Gasteiger partial charge in [0.25, 0.3) is 0 Å². The Morgan fingerprint density at radius 2 is 2.38 bits per heavy atom. The SMILES string of the molecule is O=C1CCC2CC(O)c3csc(Cl)c3CN12. The summed E-state index contributed by atoms with van der Waals surface area (Å²) in [6.45, 7) is 0.568. The van der Waals surface area contributed by atoms with E-state index in [1.165, 1.54) is 11.3 Å². The smallest absolute Gasteiger partial charge is 0.223 e. The first kappa shape index (κ1) is 10.6. The molecule has 2 atom stereocenters. The topological polar surface area (TPSA) is 40.5 Å². The number of aliphatic hydroxyl groups is 1. The molecule has 0 aromatic carbocycles. The van der Waals surface area contributed by atoms with Crippen molar-refractivity contribution in [3.05, 3.63) is 20.8 Å². The van der Waals surface area contributed by atoms with Gasteiger partial charge in [0.05, 0.1) is 10.4 Å². The van der Waals surface area contributed by atoms with Crippen LogP contribution in [0.15, 0.2) is 5.38 Å². The summed E-state index contributed by atoms with van der Waals surface area (Å²) < 4.78 is 0.703. The molecule has 1 N–H and O–H groups in total. The fourth-order valence-corrected chi connectivity index (χ4v) is 3.77. The van der Waals surface area contributed by atoms with Crippen LogP contribution in [-0.4, -0.2) is 22.0 Å². The van der Waals surface area contributed by atoms with Crippen molar-refractivity contribution >= 4 is 28.8 Å². The number of nitrogens with zero attached hydrogens (tertiary/aromatic N) is 1. The largest absolute Gasteiger partial charge is 0.388 e. The highest BCUT2D eigenvalue weighted by Crippen LogP contribution is 2.40. The van der Waals surface area contributed by atoms with E-state index in [2.05, 4.69) is 0 Å². The van der Waals surface area contributed by atoms with Gasteiger partial charge < -0.3 is 10.0 Å². The molecular weight excluding hydrogens is 246 g/mol. The van der Waals surface area contributed by atoms with Crippen LogP contribution < -0.4 is 0 Å². The Morgan fingerprint density at radius 1 is 1.56 bits per heavy atom. The van der Waals surface area contributed by atoms with Crippen molar-refractivity contribution in [2.24, 2.45) is 0 Å². The van der Waals surface area contributed by atoms with Crippen molar-refractivity contribution in [1.29, 1.82) is 0 Å². The van der Waals surface area contributed by atoms with Crippen LogP contribution in [0.5, 0.6) is 0 Å². The summed E-state index contributed by atoms with van der Waals surface area (Å²) in [4.78, 5) is 13.6. The van der Waals surface area contributed by atoms with Crippen molar-refractivity contribution in [3.63, 3.8) is 0 Å². The number of amides is 1. The van der Waals surface area contributed by atoms with E-state index in [0.717, 1.165) is 17.5 Å². The molecule has 1 aromatic rings. The van der Waals surface area contributed by atoms with Crippen LogP contribution in [0.2, 0.25) is 4.34 Å². The molecule has 0 saturated carbocycles. The Morgan fingerprint density at radius 3 is 3.19 bits per heavy atom. The third-order valence-corrected chi connectivity index (χ3v) is 4.83. The Labute approximate surface area is 103 Å². The summed E-state index contributed by atoms with van der Waals surface area (Å²) in [5.74, 6) is 0.187. The molecule has 86 valence electrons. The molecular formula is C11H12ClNO2S. The Kier molecular flexibility index (Phi) is 2.46. The predicted octanol–water partition coefficient (Wildman–Crippen LogP) is 2.33. The van der Waals surface area contributed by atoms with Gasteiger partial charge in [-0.3, -0.25) is 4.79 Å². The van der Waals surface area contributed by atoms with Crippen LogP contribution >= 0.6 is 22.9 Å². The Bertz CT molecular complexity index is 445. The summed E-state index contributed by atoms with van der Waals surface area (Å²) >= 11 is 7.54. The molecule has 1 aromatic heterocycles. The van der Waals surface area contributed by atoms with E-state index in [1.54, 1.807) is 0 Å². The molecule has 0 bridgehead atoms. The zero-order valence-electron chi connectivity index (χ0n) is 8.65. The number of aliphatic hydroxyl groups excluding tert-OH is 1. The Hall–Kier alpha value is -0.580. The minimum Gasteiger partial charge on any atom is -0.388 e. The van der Waals surface area contributed by atoms with Crippen molar-refractivity contribution in [1.82, 2.24) is 4.90 Å². The van der Waals surface area contributed by atoms with Crippen LogP contribution in [0.3, 0.4) is 0 Å². The van der Waals surface area contributed by atoms with Gasteiger partial charge in [-0.25, -0.2) is 0 Å². The summed E-state index contributed by atoms with van der Waals surface area (Å²) in [5.41, 5.74) is 1.86. The van der Waals surface area contributed by atoms with Gasteiger partial charge >= 0.3 is 0 Å². The maximum atomic E-state index is 11.7. The molecule has 3 rings (SSSR count). The van der Waals surface area contributed by atoms with E-state index in [4.69, 9.17) is 11.6 Å². The van der Waals surface area contributed by atoms with Gasteiger partial charge in [0.1, 0.15) is 0 Å². The molecule has 3 nitrogen and oxygen atoms in total. The van der Waals surface area contributed by atoms with Crippen LogP contribution in [-0.2, 0) is 11.3 Å². The lowest BCUT2D eigenvalue weighted by Gasteiger charge is -2.22. The summed E-state index contributed by atoms with van der Waals surface area (Å²) in [7, 11) is 0. The lowest BCUT2D eigenvalue weighted by molar-refractivity contribution is -0.129. The molecule has 0 spiro atoms. The number of thiophene rings is 1. The summed E-state index contributed by atoms with van der Waals surface area (Å²) in [6.07, 6.45) is 1.64. The monoisotopic (exact) mass is 257 g/mol. The number of halogens is 1. The van der Waals surface area contributed by atoms with Crippen LogP contribution in [0, 0.1) is 0 Å². The molecule has 2 aliphatic rings.